The molecule has 178 valence electrons. The zero-order valence-electron chi connectivity index (χ0n) is 19.9. The molecule has 2 aliphatic heterocycles. The Morgan fingerprint density at radius 3 is 2.55 bits per heavy atom. The van der Waals surface area contributed by atoms with E-state index in [1.807, 2.05) is 29.2 Å². The highest BCUT2D eigenvalue weighted by Crippen LogP contribution is 2.50. The van der Waals surface area contributed by atoms with Crippen LogP contribution in [0.2, 0.25) is 0 Å². The molecule has 2 saturated heterocycles. The predicted octanol–water partition coefficient (Wildman–Crippen LogP) is 4.29. The lowest BCUT2D eigenvalue weighted by Crippen LogP contribution is -2.42. The van der Waals surface area contributed by atoms with E-state index in [0.717, 1.165) is 80.5 Å². The quantitative estimate of drug-likeness (QED) is 0.565. The Hall–Kier alpha value is -2.57. The topological polar surface area (TPSA) is 71.7 Å². The zero-order chi connectivity index (χ0) is 22.8. The molecule has 2 unspecified atom stereocenters. The maximum absolute atomic E-state index is 12.1. The average Bonchev–Trinajstić information content (AvgIpc) is 3.36. The molecule has 1 aliphatic carbocycles. The molecule has 0 spiro atoms. The van der Waals surface area contributed by atoms with Crippen LogP contribution in [0.15, 0.2) is 28.8 Å². The third kappa shape index (κ3) is 5.33. The van der Waals surface area contributed by atoms with Crippen LogP contribution in [-0.4, -0.2) is 53.7 Å². The van der Waals surface area contributed by atoms with Gasteiger partial charge < -0.3 is 19.1 Å². The molecule has 7 nitrogen and oxygen atoms in total. The lowest BCUT2D eigenvalue weighted by Gasteiger charge is -2.31. The van der Waals surface area contributed by atoms with E-state index >= 15 is 0 Å². The van der Waals surface area contributed by atoms with Crippen LogP contribution in [0.25, 0.3) is 0 Å². The van der Waals surface area contributed by atoms with Gasteiger partial charge in [0.15, 0.2) is 5.82 Å². The summed E-state index contributed by atoms with van der Waals surface area (Å²) in [7, 11) is 0. The third-order valence-corrected chi connectivity index (χ3v) is 7.59. The zero-order valence-corrected chi connectivity index (χ0v) is 19.9. The van der Waals surface area contributed by atoms with Crippen molar-refractivity contribution in [2.75, 3.05) is 37.7 Å². The standard InChI is InChI=1S/C26H36N4O3/c1-18(2)25-27-26(33-28-25)30-13-8-20(9-14-30)23-17-21(23)10-15-32-22-6-4-19(5-7-22)16-24(31)29-11-3-12-29/h4-7,18,20-21,23H,3,8-17H2,1-2H3. The average molecular weight is 453 g/mol. The van der Waals surface area contributed by atoms with Crippen molar-refractivity contribution in [1.82, 2.24) is 15.0 Å². The minimum Gasteiger partial charge on any atom is -0.494 e. The smallest absolute Gasteiger partial charge is 0.324 e. The first-order chi connectivity index (χ1) is 16.1. The molecule has 5 rings (SSSR count). The van der Waals surface area contributed by atoms with Crippen molar-refractivity contribution in [3.63, 3.8) is 0 Å². The van der Waals surface area contributed by atoms with E-state index in [4.69, 9.17) is 9.26 Å². The lowest BCUT2D eigenvalue weighted by molar-refractivity contribution is -0.133. The Morgan fingerprint density at radius 2 is 1.91 bits per heavy atom. The number of ether oxygens (including phenoxy) is 1. The normalized spacial score (nSPS) is 23.0. The second-order valence-corrected chi connectivity index (χ2v) is 10.3. The summed E-state index contributed by atoms with van der Waals surface area (Å²) in [6.45, 7) is 8.80. The number of hydrogen-bond donors (Lipinski definition) is 0. The van der Waals surface area contributed by atoms with Gasteiger partial charge >= 0.3 is 6.01 Å². The minimum atomic E-state index is 0.234. The summed E-state index contributed by atoms with van der Waals surface area (Å²) in [6, 6.07) is 8.73. The van der Waals surface area contributed by atoms with Crippen molar-refractivity contribution >= 4 is 11.9 Å². The largest absolute Gasteiger partial charge is 0.494 e. The van der Waals surface area contributed by atoms with Crippen molar-refractivity contribution < 1.29 is 14.1 Å². The fourth-order valence-electron chi connectivity index (χ4n) is 5.17. The van der Waals surface area contributed by atoms with E-state index in [1.165, 1.54) is 19.3 Å². The van der Waals surface area contributed by atoms with E-state index in [-0.39, 0.29) is 5.91 Å². The highest BCUT2D eigenvalue weighted by Gasteiger charge is 2.43. The number of nitrogens with zero attached hydrogens (tertiary/aromatic N) is 4. The molecule has 33 heavy (non-hydrogen) atoms. The number of piperidine rings is 1. The first-order valence-corrected chi connectivity index (χ1v) is 12.6. The molecule has 3 heterocycles. The van der Waals surface area contributed by atoms with Gasteiger partial charge in [-0.3, -0.25) is 4.79 Å². The van der Waals surface area contributed by atoms with Gasteiger partial charge in [0.05, 0.1) is 13.0 Å². The number of carbonyl (C=O) groups excluding carboxylic acids is 1. The first kappa shape index (κ1) is 22.2. The second kappa shape index (κ2) is 9.74. The number of amides is 1. The summed E-state index contributed by atoms with van der Waals surface area (Å²) in [5, 5.41) is 4.10. The van der Waals surface area contributed by atoms with Crippen molar-refractivity contribution in [2.24, 2.45) is 17.8 Å². The van der Waals surface area contributed by atoms with Crippen LogP contribution >= 0.6 is 0 Å². The van der Waals surface area contributed by atoms with Crippen LogP contribution < -0.4 is 9.64 Å². The SMILES string of the molecule is CC(C)c1noc(N2CCC(C3CC3CCOc3ccc(CC(=O)N4CCC4)cc3)CC2)n1. The van der Waals surface area contributed by atoms with Gasteiger partial charge in [-0.05, 0) is 67.6 Å². The molecule has 2 atom stereocenters. The third-order valence-electron chi connectivity index (χ3n) is 7.59. The number of anilines is 1. The Bertz CT molecular complexity index is 929. The second-order valence-electron chi connectivity index (χ2n) is 10.3. The molecular weight excluding hydrogens is 416 g/mol. The Balaban J connectivity index is 0.995. The van der Waals surface area contributed by atoms with E-state index in [1.54, 1.807) is 0 Å². The highest BCUT2D eigenvalue weighted by molar-refractivity contribution is 5.79. The van der Waals surface area contributed by atoms with Gasteiger partial charge in [0.1, 0.15) is 5.75 Å². The van der Waals surface area contributed by atoms with Crippen molar-refractivity contribution in [2.45, 2.75) is 58.3 Å². The number of hydrogen-bond acceptors (Lipinski definition) is 6. The molecular formula is C26H36N4O3. The van der Waals surface area contributed by atoms with Crippen molar-refractivity contribution in [1.29, 1.82) is 0 Å². The van der Waals surface area contributed by atoms with E-state index < -0.39 is 0 Å². The molecule has 3 fully saturated rings. The van der Waals surface area contributed by atoms with E-state index in [0.29, 0.717) is 18.4 Å². The summed E-state index contributed by atoms with van der Waals surface area (Å²) in [5.41, 5.74) is 1.06. The van der Waals surface area contributed by atoms with E-state index in [9.17, 15) is 4.79 Å². The van der Waals surface area contributed by atoms with E-state index in [2.05, 4.69) is 28.9 Å². The predicted molar refractivity (Wildman–Crippen MR) is 126 cm³/mol. The van der Waals surface area contributed by atoms with Crippen molar-refractivity contribution in [3.05, 3.63) is 35.7 Å². The Morgan fingerprint density at radius 1 is 1.15 bits per heavy atom. The molecule has 7 heteroatoms. The van der Waals surface area contributed by atoms with Gasteiger partial charge in [-0.25, -0.2) is 0 Å². The van der Waals surface area contributed by atoms with Crippen LogP contribution in [0.1, 0.15) is 63.3 Å². The van der Waals surface area contributed by atoms with Crippen LogP contribution in [-0.2, 0) is 11.2 Å². The summed E-state index contributed by atoms with van der Waals surface area (Å²) in [5.74, 6) is 4.68. The summed E-state index contributed by atoms with van der Waals surface area (Å²) >= 11 is 0. The number of benzene rings is 1. The molecule has 1 amide bonds. The fraction of sp³-hybridized carbons (Fsp3) is 0.654. The Labute approximate surface area is 196 Å². The highest BCUT2D eigenvalue weighted by atomic mass is 16.5. The van der Waals surface area contributed by atoms with Gasteiger partial charge in [0, 0.05) is 32.1 Å². The molecule has 1 aromatic heterocycles. The number of likely N-dealkylation sites (tertiary alicyclic amines) is 1. The lowest BCUT2D eigenvalue weighted by atomic mass is 9.90. The fourth-order valence-corrected chi connectivity index (χ4v) is 5.17. The molecule has 1 aromatic carbocycles. The Kier molecular flexibility index (Phi) is 6.56. The molecule has 1 saturated carbocycles. The number of rotatable bonds is 9. The minimum absolute atomic E-state index is 0.234. The molecule has 0 bridgehead atoms. The van der Waals surface area contributed by atoms with Gasteiger partial charge in [0.2, 0.25) is 5.91 Å². The number of carbonyl (C=O) groups is 1. The molecule has 0 N–H and O–H groups in total. The monoisotopic (exact) mass is 452 g/mol. The molecule has 3 aliphatic rings. The number of aromatic nitrogens is 2. The van der Waals surface area contributed by atoms with Crippen LogP contribution in [0.3, 0.4) is 0 Å². The van der Waals surface area contributed by atoms with Gasteiger partial charge in [-0.1, -0.05) is 31.1 Å². The van der Waals surface area contributed by atoms with Gasteiger partial charge in [0.25, 0.3) is 0 Å². The van der Waals surface area contributed by atoms with Crippen LogP contribution in [0, 0.1) is 17.8 Å². The van der Waals surface area contributed by atoms with Gasteiger partial charge in [-0.2, -0.15) is 4.98 Å². The molecule has 0 radical (unpaired) electrons. The summed E-state index contributed by atoms with van der Waals surface area (Å²) < 4.78 is 11.5. The maximum atomic E-state index is 12.1. The van der Waals surface area contributed by atoms with Crippen LogP contribution in [0.4, 0.5) is 6.01 Å². The summed E-state index contributed by atoms with van der Waals surface area (Å²) in [4.78, 5) is 20.8. The maximum Gasteiger partial charge on any atom is 0.324 e. The van der Waals surface area contributed by atoms with Crippen molar-refractivity contribution in [3.8, 4) is 5.75 Å². The molecule has 2 aromatic rings. The van der Waals surface area contributed by atoms with Gasteiger partial charge in [-0.15, -0.1) is 0 Å². The summed E-state index contributed by atoms with van der Waals surface area (Å²) in [6.07, 6.45) is 6.51. The van der Waals surface area contributed by atoms with Crippen LogP contribution in [0.5, 0.6) is 5.75 Å². The first-order valence-electron chi connectivity index (χ1n) is 12.6.